The third kappa shape index (κ3) is 1.90. The van der Waals surface area contributed by atoms with Crippen LogP contribution in [-0.2, 0) is 4.74 Å². The number of nitrogens with one attached hydrogen (secondary N) is 1. The molecule has 1 aliphatic rings. The summed E-state index contributed by atoms with van der Waals surface area (Å²) >= 11 is 5.92. The van der Waals surface area contributed by atoms with Crippen molar-refractivity contribution in [2.75, 3.05) is 18.5 Å². The average molecular weight is 184 g/mol. The van der Waals surface area contributed by atoms with Crippen LogP contribution in [0.15, 0.2) is 24.3 Å². The minimum atomic E-state index is 0.390. The van der Waals surface area contributed by atoms with Gasteiger partial charge in [-0.25, -0.2) is 0 Å². The van der Waals surface area contributed by atoms with E-state index in [0.29, 0.717) is 6.10 Å². The standard InChI is InChI=1S/C9H10ClNO/c10-8-3-1-2-4-9(8)11-5-7-6-12-7/h1-4,7,11H,5-6H2. The molecule has 1 aliphatic heterocycles. The highest BCUT2D eigenvalue weighted by atomic mass is 35.5. The van der Waals surface area contributed by atoms with Crippen LogP contribution in [0.25, 0.3) is 0 Å². The van der Waals surface area contributed by atoms with Crippen LogP contribution in [0.3, 0.4) is 0 Å². The summed E-state index contributed by atoms with van der Waals surface area (Å²) in [7, 11) is 0. The van der Waals surface area contributed by atoms with E-state index in [4.69, 9.17) is 16.3 Å². The van der Waals surface area contributed by atoms with Gasteiger partial charge in [0.15, 0.2) is 0 Å². The predicted octanol–water partition coefficient (Wildman–Crippen LogP) is 2.15. The van der Waals surface area contributed by atoms with Gasteiger partial charge in [0.2, 0.25) is 0 Å². The number of ether oxygens (including phenoxy) is 1. The molecule has 1 aromatic rings. The van der Waals surface area contributed by atoms with Crippen LogP contribution in [0.2, 0.25) is 5.02 Å². The van der Waals surface area contributed by atoms with Crippen molar-refractivity contribution in [3.63, 3.8) is 0 Å². The van der Waals surface area contributed by atoms with E-state index in [2.05, 4.69) is 5.32 Å². The Morgan fingerprint density at radius 2 is 2.25 bits per heavy atom. The molecule has 1 N–H and O–H groups in total. The monoisotopic (exact) mass is 183 g/mol. The smallest absolute Gasteiger partial charge is 0.0981 e. The molecule has 12 heavy (non-hydrogen) atoms. The zero-order chi connectivity index (χ0) is 8.39. The molecule has 1 heterocycles. The van der Waals surface area contributed by atoms with Crippen molar-refractivity contribution in [1.29, 1.82) is 0 Å². The Bertz CT molecular complexity index is 273. The number of benzene rings is 1. The quantitative estimate of drug-likeness (QED) is 0.727. The molecule has 1 aromatic carbocycles. The molecule has 3 heteroatoms. The van der Waals surface area contributed by atoms with Gasteiger partial charge in [-0.2, -0.15) is 0 Å². The maximum absolute atomic E-state index is 5.92. The Kier molecular flexibility index (Phi) is 2.19. The van der Waals surface area contributed by atoms with Gasteiger partial charge in [0.1, 0.15) is 0 Å². The van der Waals surface area contributed by atoms with Crippen LogP contribution in [0.1, 0.15) is 0 Å². The number of rotatable bonds is 3. The molecule has 1 unspecified atom stereocenters. The second kappa shape index (κ2) is 3.33. The van der Waals surface area contributed by atoms with Crippen molar-refractivity contribution in [1.82, 2.24) is 0 Å². The largest absolute Gasteiger partial charge is 0.381 e. The molecular formula is C9H10ClNO. The van der Waals surface area contributed by atoms with E-state index in [9.17, 15) is 0 Å². The normalized spacial score (nSPS) is 20.6. The molecule has 0 saturated carbocycles. The van der Waals surface area contributed by atoms with Crippen molar-refractivity contribution in [2.24, 2.45) is 0 Å². The van der Waals surface area contributed by atoms with Gasteiger partial charge >= 0.3 is 0 Å². The van der Waals surface area contributed by atoms with Gasteiger partial charge in [-0.1, -0.05) is 23.7 Å². The van der Waals surface area contributed by atoms with E-state index in [1.165, 1.54) is 0 Å². The molecular weight excluding hydrogens is 174 g/mol. The number of epoxide rings is 1. The Morgan fingerprint density at radius 1 is 1.50 bits per heavy atom. The lowest BCUT2D eigenvalue weighted by molar-refractivity contribution is 0.417. The number of para-hydroxylation sites is 1. The van der Waals surface area contributed by atoms with Crippen LogP contribution in [0, 0.1) is 0 Å². The van der Waals surface area contributed by atoms with Crippen LogP contribution >= 0.6 is 11.6 Å². The van der Waals surface area contributed by atoms with E-state index in [1.807, 2.05) is 24.3 Å². The fourth-order valence-corrected chi connectivity index (χ4v) is 1.22. The number of hydrogen-bond acceptors (Lipinski definition) is 2. The fraction of sp³-hybridized carbons (Fsp3) is 0.333. The lowest BCUT2D eigenvalue weighted by Crippen LogP contribution is -2.07. The molecule has 0 spiro atoms. The Morgan fingerprint density at radius 3 is 2.92 bits per heavy atom. The maximum atomic E-state index is 5.92. The highest BCUT2D eigenvalue weighted by Crippen LogP contribution is 2.21. The van der Waals surface area contributed by atoms with Gasteiger partial charge < -0.3 is 10.1 Å². The van der Waals surface area contributed by atoms with Crippen molar-refractivity contribution in [3.05, 3.63) is 29.3 Å². The molecule has 0 amide bonds. The SMILES string of the molecule is Clc1ccccc1NCC1CO1. The first-order valence-electron chi connectivity index (χ1n) is 3.96. The Labute approximate surface area is 76.5 Å². The fourth-order valence-electron chi connectivity index (χ4n) is 1.01. The summed E-state index contributed by atoms with van der Waals surface area (Å²) in [6, 6.07) is 7.71. The molecule has 0 radical (unpaired) electrons. The minimum Gasteiger partial charge on any atom is -0.381 e. The Balaban J connectivity index is 1.96. The van der Waals surface area contributed by atoms with E-state index in [1.54, 1.807) is 0 Å². The number of hydrogen-bond donors (Lipinski definition) is 1. The van der Waals surface area contributed by atoms with E-state index < -0.39 is 0 Å². The van der Waals surface area contributed by atoms with Crippen molar-refractivity contribution >= 4 is 17.3 Å². The lowest BCUT2D eigenvalue weighted by atomic mass is 10.3. The van der Waals surface area contributed by atoms with Gasteiger partial charge in [0, 0.05) is 6.54 Å². The predicted molar refractivity (Wildman–Crippen MR) is 49.7 cm³/mol. The summed E-state index contributed by atoms with van der Waals surface area (Å²) in [6.07, 6.45) is 0.390. The van der Waals surface area contributed by atoms with Crippen molar-refractivity contribution in [3.8, 4) is 0 Å². The molecule has 2 rings (SSSR count). The van der Waals surface area contributed by atoms with Crippen molar-refractivity contribution < 1.29 is 4.74 Å². The van der Waals surface area contributed by atoms with Crippen LogP contribution < -0.4 is 5.32 Å². The van der Waals surface area contributed by atoms with E-state index >= 15 is 0 Å². The third-order valence-corrected chi connectivity index (χ3v) is 2.13. The lowest BCUT2D eigenvalue weighted by Gasteiger charge is -2.05. The molecule has 64 valence electrons. The van der Waals surface area contributed by atoms with Gasteiger partial charge in [-0.05, 0) is 12.1 Å². The summed E-state index contributed by atoms with van der Waals surface area (Å²) in [6.45, 7) is 1.72. The third-order valence-electron chi connectivity index (χ3n) is 1.80. The molecule has 1 saturated heterocycles. The number of anilines is 1. The van der Waals surface area contributed by atoms with Gasteiger partial charge in [0.05, 0.1) is 23.4 Å². The summed E-state index contributed by atoms with van der Waals surface area (Å²) < 4.78 is 5.06. The van der Waals surface area contributed by atoms with Crippen LogP contribution in [0.4, 0.5) is 5.69 Å². The number of halogens is 1. The summed E-state index contributed by atoms with van der Waals surface area (Å²) in [5.41, 5.74) is 0.981. The van der Waals surface area contributed by atoms with Crippen molar-refractivity contribution in [2.45, 2.75) is 6.10 Å². The van der Waals surface area contributed by atoms with Gasteiger partial charge in [-0.3, -0.25) is 0 Å². The molecule has 0 aromatic heterocycles. The Hall–Kier alpha value is -0.730. The average Bonchev–Trinajstić information content (AvgIpc) is 2.86. The topological polar surface area (TPSA) is 24.6 Å². The second-order valence-corrected chi connectivity index (χ2v) is 3.22. The van der Waals surface area contributed by atoms with Crippen LogP contribution in [-0.4, -0.2) is 19.3 Å². The summed E-state index contributed by atoms with van der Waals surface area (Å²) in [5, 5.41) is 3.98. The molecule has 1 atom stereocenters. The van der Waals surface area contributed by atoms with Gasteiger partial charge in [0.25, 0.3) is 0 Å². The first kappa shape index (κ1) is 7.90. The highest BCUT2D eigenvalue weighted by molar-refractivity contribution is 6.33. The molecule has 2 nitrogen and oxygen atoms in total. The highest BCUT2D eigenvalue weighted by Gasteiger charge is 2.21. The summed E-state index contributed by atoms with van der Waals surface area (Å²) in [4.78, 5) is 0. The maximum Gasteiger partial charge on any atom is 0.0981 e. The van der Waals surface area contributed by atoms with Crippen LogP contribution in [0.5, 0.6) is 0 Å². The minimum absolute atomic E-state index is 0.390. The second-order valence-electron chi connectivity index (χ2n) is 2.82. The van der Waals surface area contributed by atoms with Gasteiger partial charge in [-0.15, -0.1) is 0 Å². The van der Waals surface area contributed by atoms with E-state index in [0.717, 1.165) is 23.9 Å². The molecule has 1 fully saturated rings. The summed E-state index contributed by atoms with van der Waals surface area (Å²) in [5.74, 6) is 0. The molecule has 0 aliphatic carbocycles. The van der Waals surface area contributed by atoms with E-state index in [-0.39, 0.29) is 0 Å². The first-order valence-corrected chi connectivity index (χ1v) is 4.34. The zero-order valence-corrected chi connectivity index (χ0v) is 7.34. The molecule has 0 bridgehead atoms. The zero-order valence-electron chi connectivity index (χ0n) is 6.59. The first-order chi connectivity index (χ1) is 5.86.